The van der Waals surface area contributed by atoms with Crippen molar-refractivity contribution in [1.82, 2.24) is 9.71 Å². The van der Waals surface area contributed by atoms with Crippen molar-refractivity contribution in [2.45, 2.75) is 11.8 Å². The smallest absolute Gasteiger partial charge is 0.264 e. The molecule has 1 aromatic heterocycles. The van der Waals surface area contributed by atoms with Gasteiger partial charge in [-0.25, -0.2) is 18.1 Å². The third-order valence-electron chi connectivity index (χ3n) is 3.71. The molecule has 1 heterocycles. The lowest BCUT2D eigenvalue weighted by Gasteiger charge is -2.06. The highest BCUT2D eigenvalue weighted by molar-refractivity contribution is 7.90. The first kappa shape index (κ1) is 18.3. The highest BCUT2D eigenvalue weighted by Crippen LogP contribution is 2.32. The van der Waals surface area contributed by atoms with Gasteiger partial charge in [-0.15, -0.1) is 5.11 Å². The third-order valence-corrected chi connectivity index (χ3v) is 5.09. The molecule has 0 aliphatic carbocycles. The van der Waals surface area contributed by atoms with Crippen LogP contribution in [0.15, 0.2) is 63.8 Å². The molecule has 0 radical (unpaired) electrons. The van der Waals surface area contributed by atoms with Gasteiger partial charge < -0.3 is 11.5 Å². The summed E-state index contributed by atoms with van der Waals surface area (Å²) in [5.41, 5.74) is 12.9. The van der Waals surface area contributed by atoms with E-state index in [9.17, 15) is 8.42 Å². The average molecular weight is 383 g/mol. The van der Waals surface area contributed by atoms with Crippen molar-refractivity contribution in [3.63, 3.8) is 0 Å². The fourth-order valence-corrected chi connectivity index (χ4v) is 3.34. The van der Waals surface area contributed by atoms with Crippen LogP contribution in [0, 0.1) is 12.3 Å². The number of azo groups is 1. The molecule has 0 saturated heterocycles. The standard InChI is InChI=1S/C17H17N7O2S/c1-10-2-3-11-9-21-16(18)15(14(11)8-10)23-22-12-4-6-13(7-5-12)27(25,26)24-17(19)20/h2-9H,1H3,(H2,18,21)(H4,19,20,24)/b23-22+. The number of nitrogens with zero attached hydrogens (tertiary/aromatic N) is 3. The highest BCUT2D eigenvalue weighted by atomic mass is 32.2. The Hall–Kier alpha value is -3.53. The van der Waals surface area contributed by atoms with Gasteiger partial charge in [-0.3, -0.25) is 5.41 Å². The Morgan fingerprint density at radius 1 is 1.15 bits per heavy atom. The number of guanidine groups is 1. The molecule has 10 heteroatoms. The molecule has 9 nitrogen and oxygen atoms in total. The molecular weight excluding hydrogens is 366 g/mol. The summed E-state index contributed by atoms with van der Waals surface area (Å²) < 4.78 is 25.8. The normalized spacial score (nSPS) is 11.7. The summed E-state index contributed by atoms with van der Waals surface area (Å²) in [6.07, 6.45) is 1.67. The van der Waals surface area contributed by atoms with E-state index in [1.165, 1.54) is 24.3 Å². The Kier molecular flexibility index (Phi) is 4.74. The predicted octanol–water partition coefficient (Wildman–Crippen LogP) is 2.71. The molecule has 0 bridgehead atoms. The Morgan fingerprint density at radius 2 is 1.85 bits per heavy atom. The highest BCUT2D eigenvalue weighted by Gasteiger charge is 2.14. The maximum atomic E-state index is 11.9. The molecule has 2 aromatic carbocycles. The summed E-state index contributed by atoms with van der Waals surface area (Å²) in [6, 6.07) is 11.5. The molecule has 6 N–H and O–H groups in total. The van der Waals surface area contributed by atoms with E-state index in [0.29, 0.717) is 11.4 Å². The van der Waals surface area contributed by atoms with Gasteiger partial charge in [0.05, 0.1) is 10.6 Å². The number of hydrogen-bond acceptors (Lipinski definition) is 7. The average Bonchev–Trinajstić information content (AvgIpc) is 2.60. The van der Waals surface area contributed by atoms with Gasteiger partial charge in [0, 0.05) is 17.0 Å². The van der Waals surface area contributed by atoms with Gasteiger partial charge >= 0.3 is 0 Å². The second-order valence-corrected chi connectivity index (χ2v) is 7.48. The number of aromatic nitrogens is 1. The van der Waals surface area contributed by atoms with Crippen LogP contribution < -0.4 is 16.2 Å². The summed E-state index contributed by atoms with van der Waals surface area (Å²) in [4.78, 5) is 4.08. The number of nitrogens with one attached hydrogen (secondary N) is 2. The van der Waals surface area contributed by atoms with Crippen LogP contribution in [-0.4, -0.2) is 19.4 Å². The molecule has 27 heavy (non-hydrogen) atoms. The minimum atomic E-state index is -3.89. The zero-order valence-electron chi connectivity index (χ0n) is 14.3. The first-order chi connectivity index (χ1) is 12.8. The lowest BCUT2D eigenvalue weighted by molar-refractivity contribution is 0.592. The molecule has 0 spiro atoms. The quantitative estimate of drug-likeness (QED) is 0.309. The Labute approximate surface area is 155 Å². The van der Waals surface area contributed by atoms with E-state index < -0.39 is 16.0 Å². The number of benzene rings is 2. The predicted molar refractivity (Wildman–Crippen MR) is 104 cm³/mol. The van der Waals surface area contributed by atoms with Crippen LogP contribution in [0.1, 0.15) is 5.56 Å². The van der Waals surface area contributed by atoms with Gasteiger partial charge in [0.15, 0.2) is 11.8 Å². The maximum Gasteiger partial charge on any atom is 0.264 e. The van der Waals surface area contributed by atoms with Crippen LogP contribution in [-0.2, 0) is 10.0 Å². The summed E-state index contributed by atoms with van der Waals surface area (Å²) >= 11 is 0. The van der Waals surface area contributed by atoms with E-state index >= 15 is 0 Å². The molecule has 0 fully saturated rings. The van der Waals surface area contributed by atoms with Crippen LogP contribution in [0.2, 0.25) is 0 Å². The van der Waals surface area contributed by atoms with E-state index in [0.717, 1.165) is 16.3 Å². The third kappa shape index (κ3) is 4.01. The summed E-state index contributed by atoms with van der Waals surface area (Å²) in [6.45, 7) is 1.96. The number of anilines is 1. The molecular formula is C17H17N7O2S. The van der Waals surface area contributed by atoms with Crippen LogP contribution in [0.25, 0.3) is 10.8 Å². The molecule has 138 valence electrons. The van der Waals surface area contributed by atoms with Crippen molar-refractivity contribution >= 4 is 43.9 Å². The maximum absolute atomic E-state index is 11.9. The molecule has 0 amide bonds. The van der Waals surface area contributed by atoms with Crippen LogP contribution in [0.3, 0.4) is 0 Å². The number of pyridine rings is 1. The van der Waals surface area contributed by atoms with Crippen molar-refractivity contribution < 1.29 is 8.42 Å². The van der Waals surface area contributed by atoms with Crippen molar-refractivity contribution in [2.75, 3.05) is 5.73 Å². The van der Waals surface area contributed by atoms with Gasteiger partial charge in [0.2, 0.25) is 0 Å². The first-order valence-electron chi connectivity index (χ1n) is 7.80. The first-order valence-corrected chi connectivity index (χ1v) is 9.28. The number of sulfonamides is 1. The van der Waals surface area contributed by atoms with E-state index in [1.807, 2.05) is 29.8 Å². The number of aryl methyl sites for hydroxylation is 1. The van der Waals surface area contributed by atoms with Crippen molar-refractivity contribution in [1.29, 1.82) is 5.41 Å². The zero-order valence-corrected chi connectivity index (χ0v) is 15.2. The zero-order chi connectivity index (χ0) is 19.6. The SMILES string of the molecule is Cc1ccc2cnc(N)c(/N=N/c3ccc(S(=O)(=O)NC(=N)N)cc3)c2c1. The number of nitrogen functional groups attached to an aromatic ring is 1. The van der Waals surface area contributed by atoms with Crippen LogP contribution >= 0.6 is 0 Å². The lowest BCUT2D eigenvalue weighted by atomic mass is 10.1. The summed E-state index contributed by atoms with van der Waals surface area (Å²) in [5.74, 6) is -0.408. The van der Waals surface area contributed by atoms with Gasteiger partial charge in [-0.05, 0) is 37.3 Å². The second kappa shape index (κ2) is 7.00. The van der Waals surface area contributed by atoms with E-state index in [2.05, 4.69) is 15.2 Å². The fraction of sp³-hybridized carbons (Fsp3) is 0.0588. The lowest BCUT2D eigenvalue weighted by Crippen LogP contribution is -2.35. The molecule has 3 rings (SSSR count). The summed E-state index contributed by atoms with van der Waals surface area (Å²) in [5, 5.41) is 17.1. The molecule has 0 atom stereocenters. The molecule has 0 aliphatic heterocycles. The topological polar surface area (TPSA) is 160 Å². The molecule has 0 saturated carbocycles. The number of fused-ring (bicyclic) bond motifs is 1. The minimum Gasteiger partial charge on any atom is -0.382 e. The Balaban J connectivity index is 1.93. The van der Waals surface area contributed by atoms with Gasteiger partial charge in [0.25, 0.3) is 10.0 Å². The fourth-order valence-electron chi connectivity index (χ4n) is 2.43. The molecule has 0 aliphatic rings. The van der Waals surface area contributed by atoms with Gasteiger partial charge in [-0.1, -0.05) is 17.7 Å². The van der Waals surface area contributed by atoms with Crippen molar-refractivity contribution in [3.8, 4) is 0 Å². The molecule has 0 unspecified atom stereocenters. The van der Waals surface area contributed by atoms with Crippen molar-refractivity contribution in [3.05, 3.63) is 54.2 Å². The largest absolute Gasteiger partial charge is 0.382 e. The number of hydrogen-bond donors (Lipinski definition) is 4. The number of nitrogens with two attached hydrogens (primary N) is 2. The minimum absolute atomic E-state index is 0.0429. The monoisotopic (exact) mass is 383 g/mol. The van der Waals surface area contributed by atoms with Crippen molar-refractivity contribution in [2.24, 2.45) is 16.0 Å². The van der Waals surface area contributed by atoms with Gasteiger partial charge in [-0.2, -0.15) is 5.11 Å². The van der Waals surface area contributed by atoms with Crippen LogP contribution in [0.4, 0.5) is 17.2 Å². The van der Waals surface area contributed by atoms with Crippen LogP contribution in [0.5, 0.6) is 0 Å². The van der Waals surface area contributed by atoms with E-state index in [4.69, 9.17) is 16.9 Å². The van der Waals surface area contributed by atoms with Gasteiger partial charge in [0.1, 0.15) is 5.69 Å². The van der Waals surface area contributed by atoms with E-state index in [1.54, 1.807) is 6.20 Å². The second-order valence-electron chi connectivity index (χ2n) is 5.80. The Bertz CT molecular complexity index is 1150. The van der Waals surface area contributed by atoms with E-state index in [-0.39, 0.29) is 10.7 Å². The summed E-state index contributed by atoms with van der Waals surface area (Å²) in [7, 11) is -3.89. The molecule has 3 aromatic rings. The Morgan fingerprint density at radius 3 is 2.52 bits per heavy atom. The number of rotatable bonds is 4.